The van der Waals surface area contributed by atoms with Gasteiger partial charge in [0.15, 0.2) is 0 Å². The third kappa shape index (κ3) is 1.99. The van der Waals surface area contributed by atoms with Gasteiger partial charge >= 0.3 is 6.09 Å². The zero-order chi connectivity index (χ0) is 10.0. The second-order valence-electron chi connectivity index (χ2n) is 3.13. The maximum Gasteiger partial charge on any atom is 0.411 e. The first-order valence-corrected chi connectivity index (χ1v) is 4.06. The maximum atomic E-state index is 10.7. The summed E-state index contributed by atoms with van der Waals surface area (Å²) in [6.07, 6.45) is -0.936. The molecule has 0 fully saturated rings. The van der Waals surface area contributed by atoms with Crippen LogP contribution in [0.5, 0.6) is 0 Å². The summed E-state index contributed by atoms with van der Waals surface area (Å²) >= 11 is 0. The number of carboxylic acid groups (broad SMARTS) is 1. The molecule has 0 unspecified atom stereocenters. The average Bonchev–Trinajstić information content (AvgIpc) is 2.08. The van der Waals surface area contributed by atoms with E-state index in [0.717, 1.165) is 16.8 Å². The summed E-state index contributed by atoms with van der Waals surface area (Å²) in [5, 5.41) is 8.78. The summed E-state index contributed by atoms with van der Waals surface area (Å²) in [7, 11) is 1.55. The molecule has 1 aromatic carbocycles. The minimum absolute atomic E-state index is 0.743. The van der Waals surface area contributed by atoms with Crippen LogP contribution in [0.25, 0.3) is 0 Å². The Morgan fingerprint density at radius 1 is 1.38 bits per heavy atom. The molecule has 3 heteroatoms. The number of aryl methyl sites for hydroxylation is 2. The summed E-state index contributed by atoms with van der Waals surface area (Å²) in [5.41, 5.74) is 2.77. The molecule has 0 spiro atoms. The predicted molar refractivity (Wildman–Crippen MR) is 52.3 cm³/mol. The minimum atomic E-state index is -0.936. The van der Waals surface area contributed by atoms with Crippen molar-refractivity contribution in [1.29, 1.82) is 0 Å². The molecule has 1 amide bonds. The zero-order valence-electron chi connectivity index (χ0n) is 8.03. The molecule has 0 bridgehead atoms. The Morgan fingerprint density at radius 3 is 2.54 bits per heavy atom. The number of carbonyl (C=O) groups is 1. The lowest BCUT2D eigenvalue weighted by atomic mass is 10.1. The third-order valence-corrected chi connectivity index (χ3v) is 2.01. The van der Waals surface area contributed by atoms with Crippen LogP contribution in [0.3, 0.4) is 0 Å². The van der Waals surface area contributed by atoms with E-state index in [2.05, 4.69) is 0 Å². The van der Waals surface area contributed by atoms with Gasteiger partial charge in [-0.05, 0) is 31.0 Å². The van der Waals surface area contributed by atoms with E-state index in [4.69, 9.17) is 5.11 Å². The molecular weight excluding hydrogens is 166 g/mol. The van der Waals surface area contributed by atoms with Gasteiger partial charge in [0.25, 0.3) is 0 Å². The van der Waals surface area contributed by atoms with E-state index in [-0.39, 0.29) is 0 Å². The van der Waals surface area contributed by atoms with Gasteiger partial charge in [-0.15, -0.1) is 0 Å². The molecule has 0 saturated carbocycles. The highest BCUT2D eigenvalue weighted by molar-refractivity contribution is 5.86. The molecule has 3 nitrogen and oxygen atoms in total. The highest BCUT2D eigenvalue weighted by Crippen LogP contribution is 2.19. The van der Waals surface area contributed by atoms with Crippen molar-refractivity contribution in [1.82, 2.24) is 0 Å². The number of rotatable bonds is 1. The number of anilines is 1. The van der Waals surface area contributed by atoms with Crippen molar-refractivity contribution < 1.29 is 9.90 Å². The Morgan fingerprint density at radius 2 is 2.00 bits per heavy atom. The quantitative estimate of drug-likeness (QED) is 0.719. The molecule has 1 rings (SSSR count). The van der Waals surface area contributed by atoms with Gasteiger partial charge in [0.1, 0.15) is 0 Å². The summed E-state index contributed by atoms with van der Waals surface area (Å²) in [4.78, 5) is 11.9. The molecule has 1 N–H and O–H groups in total. The molecule has 0 aliphatic rings. The highest BCUT2D eigenvalue weighted by Gasteiger charge is 2.10. The molecular formula is C10H13NO2. The van der Waals surface area contributed by atoms with Crippen molar-refractivity contribution in [3.05, 3.63) is 29.3 Å². The van der Waals surface area contributed by atoms with Crippen molar-refractivity contribution in [2.75, 3.05) is 11.9 Å². The number of amides is 1. The smallest absolute Gasteiger partial charge is 0.411 e. The van der Waals surface area contributed by atoms with Gasteiger partial charge in [0.2, 0.25) is 0 Å². The molecule has 0 heterocycles. The van der Waals surface area contributed by atoms with E-state index in [1.165, 1.54) is 4.90 Å². The number of hydrogen-bond acceptors (Lipinski definition) is 1. The number of hydrogen-bond donors (Lipinski definition) is 1. The van der Waals surface area contributed by atoms with Gasteiger partial charge in [0.05, 0.1) is 0 Å². The number of benzene rings is 1. The molecule has 0 aliphatic carbocycles. The molecule has 0 atom stereocenters. The Balaban J connectivity index is 3.12. The largest absolute Gasteiger partial charge is 0.465 e. The van der Waals surface area contributed by atoms with Gasteiger partial charge in [-0.1, -0.05) is 12.1 Å². The summed E-state index contributed by atoms with van der Waals surface area (Å²) in [6.45, 7) is 3.84. The van der Waals surface area contributed by atoms with Crippen molar-refractivity contribution in [2.24, 2.45) is 0 Å². The van der Waals surface area contributed by atoms with Crippen LogP contribution in [0, 0.1) is 13.8 Å². The molecule has 0 radical (unpaired) electrons. The van der Waals surface area contributed by atoms with Crippen LogP contribution in [0.15, 0.2) is 18.2 Å². The van der Waals surface area contributed by atoms with E-state index in [9.17, 15) is 4.79 Å². The first kappa shape index (κ1) is 9.58. The molecule has 0 aromatic heterocycles. The predicted octanol–water partition coefficient (Wildman–Crippen LogP) is 2.42. The van der Waals surface area contributed by atoms with E-state index in [0.29, 0.717) is 0 Å². The first-order valence-electron chi connectivity index (χ1n) is 4.06. The minimum Gasteiger partial charge on any atom is -0.465 e. The van der Waals surface area contributed by atoms with Gasteiger partial charge in [-0.2, -0.15) is 0 Å². The lowest BCUT2D eigenvalue weighted by Gasteiger charge is -2.16. The Bertz CT molecular complexity index is 334. The molecule has 0 aliphatic heterocycles. The third-order valence-electron chi connectivity index (χ3n) is 2.01. The van der Waals surface area contributed by atoms with Crippen molar-refractivity contribution in [3.8, 4) is 0 Å². The van der Waals surface area contributed by atoms with Crippen molar-refractivity contribution >= 4 is 11.8 Å². The maximum absolute atomic E-state index is 10.7. The fraction of sp³-hybridized carbons (Fsp3) is 0.300. The Labute approximate surface area is 77.6 Å². The van der Waals surface area contributed by atoms with Crippen LogP contribution in [0.1, 0.15) is 11.1 Å². The van der Waals surface area contributed by atoms with E-state index >= 15 is 0 Å². The Kier molecular flexibility index (Phi) is 2.56. The fourth-order valence-corrected chi connectivity index (χ4v) is 1.18. The monoisotopic (exact) mass is 179 g/mol. The van der Waals surface area contributed by atoms with Crippen LogP contribution in [-0.2, 0) is 0 Å². The van der Waals surface area contributed by atoms with Gasteiger partial charge < -0.3 is 5.11 Å². The van der Waals surface area contributed by atoms with E-state index in [1.54, 1.807) is 7.05 Å². The lowest BCUT2D eigenvalue weighted by molar-refractivity contribution is 0.203. The highest BCUT2D eigenvalue weighted by atomic mass is 16.4. The van der Waals surface area contributed by atoms with Gasteiger partial charge in [-0.25, -0.2) is 4.79 Å². The van der Waals surface area contributed by atoms with Gasteiger partial charge in [0, 0.05) is 12.7 Å². The molecule has 1 aromatic rings. The summed E-state index contributed by atoms with van der Waals surface area (Å²) in [6, 6.07) is 5.75. The first-order chi connectivity index (χ1) is 6.02. The van der Waals surface area contributed by atoms with Crippen LogP contribution in [0.2, 0.25) is 0 Å². The molecule has 13 heavy (non-hydrogen) atoms. The molecule has 0 saturated heterocycles. The number of nitrogens with zero attached hydrogens (tertiary/aromatic N) is 1. The topological polar surface area (TPSA) is 40.5 Å². The zero-order valence-corrected chi connectivity index (χ0v) is 8.03. The second-order valence-corrected chi connectivity index (χ2v) is 3.13. The van der Waals surface area contributed by atoms with Crippen LogP contribution in [0.4, 0.5) is 10.5 Å². The summed E-state index contributed by atoms with van der Waals surface area (Å²) in [5.74, 6) is 0. The van der Waals surface area contributed by atoms with Crippen LogP contribution >= 0.6 is 0 Å². The normalized spacial score (nSPS) is 9.77. The SMILES string of the molecule is Cc1ccc(C)c(N(C)C(=O)O)c1. The lowest BCUT2D eigenvalue weighted by Crippen LogP contribution is -2.24. The van der Waals surface area contributed by atoms with Crippen molar-refractivity contribution in [3.63, 3.8) is 0 Å². The standard InChI is InChI=1S/C10H13NO2/c1-7-4-5-8(2)9(6-7)11(3)10(12)13/h4-6H,1-3H3,(H,12,13). The van der Waals surface area contributed by atoms with E-state index < -0.39 is 6.09 Å². The fourth-order valence-electron chi connectivity index (χ4n) is 1.18. The van der Waals surface area contributed by atoms with Gasteiger partial charge in [-0.3, -0.25) is 4.90 Å². The summed E-state index contributed by atoms with van der Waals surface area (Å²) < 4.78 is 0. The van der Waals surface area contributed by atoms with Crippen LogP contribution in [-0.4, -0.2) is 18.2 Å². The van der Waals surface area contributed by atoms with Crippen molar-refractivity contribution in [2.45, 2.75) is 13.8 Å². The second kappa shape index (κ2) is 3.47. The van der Waals surface area contributed by atoms with E-state index in [1.807, 2.05) is 32.0 Å². The average molecular weight is 179 g/mol. The van der Waals surface area contributed by atoms with Crippen LogP contribution < -0.4 is 4.90 Å². The Hall–Kier alpha value is -1.51. The molecule has 70 valence electrons.